The number of thiazole rings is 1. The Morgan fingerprint density at radius 3 is 2.37 bits per heavy atom. The number of carbonyl (C=O) groups excluding carboxylic acids is 1. The molecular weight excluding hydrogens is 445 g/mol. The predicted octanol–water partition coefficient (Wildman–Crippen LogP) is 4.53. The van der Waals surface area contributed by atoms with Crippen LogP contribution < -0.4 is 14.4 Å². The Morgan fingerprint density at radius 2 is 1.77 bits per heavy atom. The van der Waals surface area contributed by atoms with Crippen LogP contribution in [0.25, 0.3) is 10.2 Å². The number of amides is 1. The molecular formula is C21H25Cl2N3O3S. The molecule has 3 aromatic rings. The Balaban J connectivity index is 0.00000320. The molecule has 0 N–H and O–H groups in total. The second-order valence-electron chi connectivity index (χ2n) is 6.80. The summed E-state index contributed by atoms with van der Waals surface area (Å²) in [6.07, 6.45) is 0.276. The van der Waals surface area contributed by atoms with Gasteiger partial charge in [0.1, 0.15) is 17.0 Å². The third-order valence-electron chi connectivity index (χ3n) is 4.48. The van der Waals surface area contributed by atoms with E-state index in [1.54, 1.807) is 31.3 Å². The highest BCUT2D eigenvalue weighted by atomic mass is 35.5. The van der Waals surface area contributed by atoms with Gasteiger partial charge in [-0.2, -0.15) is 0 Å². The molecule has 3 rings (SSSR count). The van der Waals surface area contributed by atoms with Gasteiger partial charge in [0.15, 0.2) is 5.13 Å². The lowest BCUT2D eigenvalue weighted by Gasteiger charge is -2.22. The molecule has 0 fully saturated rings. The Kier molecular flexibility index (Phi) is 8.73. The molecule has 0 aliphatic rings. The van der Waals surface area contributed by atoms with Crippen LogP contribution in [0.2, 0.25) is 5.02 Å². The molecule has 2 aromatic carbocycles. The van der Waals surface area contributed by atoms with E-state index in [4.69, 9.17) is 21.1 Å². The zero-order chi connectivity index (χ0) is 21.0. The second-order valence-corrected chi connectivity index (χ2v) is 8.18. The van der Waals surface area contributed by atoms with Gasteiger partial charge < -0.3 is 14.4 Å². The molecule has 0 saturated heterocycles. The molecule has 1 heterocycles. The van der Waals surface area contributed by atoms with Gasteiger partial charge in [-0.25, -0.2) is 4.98 Å². The molecule has 162 valence electrons. The molecule has 0 aliphatic carbocycles. The Bertz CT molecular complexity index is 993. The average Bonchev–Trinajstić information content (AvgIpc) is 3.15. The number of anilines is 1. The van der Waals surface area contributed by atoms with E-state index in [1.165, 1.54) is 11.3 Å². The molecule has 0 saturated carbocycles. The number of methoxy groups -OCH3 is 2. The number of hydrogen-bond acceptors (Lipinski definition) is 6. The third kappa shape index (κ3) is 5.55. The first kappa shape index (κ1) is 24.2. The van der Waals surface area contributed by atoms with Gasteiger partial charge in [-0.05, 0) is 43.9 Å². The molecule has 1 aromatic heterocycles. The number of benzene rings is 2. The summed E-state index contributed by atoms with van der Waals surface area (Å²) in [5.74, 6) is 1.38. The van der Waals surface area contributed by atoms with Crippen LogP contribution in [0, 0.1) is 0 Å². The van der Waals surface area contributed by atoms with Gasteiger partial charge in [-0.1, -0.05) is 35.1 Å². The zero-order valence-electron chi connectivity index (χ0n) is 17.3. The van der Waals surface area contributed by atoms with Gasteiger partial charge in [0, 0.05) is 13.1 Å². The van der Waals surface area contributed by atoms with E-state index < -0.39 is 0 Å². The van der Waals surface area contributed by atoms with E-state index in [0.29, 0.717) is 28.0 Å². The predicted molar refractivity (Wildman–Crippen MR) is 126 cm³/mol. The van der Waals surface area contributed by atoms with E-state index in [9.17, 15) is 4.79 Å². The summed E-state index contributed by atoms with van der Waals surface area (Å²) in [4.78, 5) is 21.6. The number of hydrogen-bond donors (Lipinski definition) is 0. The SMILES string of the molecule is COc1ccc(CC(=O)N(CCN(C)C)c2nc3c(OC)ccc(Cl)c3s2)cc1.Cl. The number of aromatic nitrogens is 1. The fraction of sp³-hybridized carbons (Fsp3) is 0.333. The van der Waals surface area contributed by atoms with Gasteiger partial charge in [-0.15, -0.1) is 12.4 Å². The van der Waals surface area contributed by atoms with E-state index in [2.05, 4.69) is 4.98 Å². The first-order valence-corrected chi connectivity index (χ1v) is 10.3. The number of carbonyl (C=O) groups is 1. The van der Waals surface area contributed by atoms with Gasteiger partial charge >= 0.3 is 0 Å². The van der Waals surface area contributed by atoms with Crippen LogP contribution >= 0.6 is 35.3 Å². The fourth-order valence-corrected chi connectivity index (χ4v) is 4.16. The Labute approximate surface area is 191 Å². The molecule has 0 bridgehead atoms. The number of halogens is 2. The molecule has 6 nitrogen and oxygen atoms in total. The van der Waals surface area contributed by atoms with E-state index in [1.807, 2.05) is 43.3 Å². The zero-order valence-corrected chi connectivity index (χ0v) is 19.7. The molecule has 0 radical (unpaired) electrons. The normalized spacial score (nSPS) is 10.7. The molecule has 1 amide bonds. The van der Waals surface area contributed by atoms with Crippen LogP contribution in [0.3, 0.4) is 0 Å². The number of rotatable bonds is 8. The largest absolute Gasteiger partial charge is 0.497 e. The van der Waals surface area contributed by atoms with Crippen LogP contribution in [0.4, 0.5) is 5.13 Å². The van der Waals surface area contributed by atoms with Crippen LogP contribution in [0.5, 0.6) is 11.5 Å². The minimum absolute atomic E-state index is 0. The van der Waals surface area contributed by atoms with Gasteiger partial charge in [0.2, 0.25) is 5.91 Å². The number of ether oxygens (including phenoxy) is 2. The molecule has 9 heteroatoms. The smallest absolute Gasteiger partial charge is 0.233 e. The summed E-state index contributed by atoms with van der Waals surface area (Å²) in [6.45, 7) is 1.25. The van der Waals surface area contributed by atoms with Crippen molar-refractivity contribution < 1.29 is 14.3 Å². The minimum atomic E-state index is -0.0221. The maximum Gasteiger partial charge on any atom is 0.233 e. The van der Waals surface area contributed by atoms with E-state index in [-0.39, 0.29) is 24.7 Å². The van der Waals surface area contributed by atoms with Crippen molar-refractivity contribution in [2.24, 2.45) is 0 Å². The van der Waals surface area contributed by atoms with Crippen LogP contribution in [-0.4, -0.2) is 57.2 Å². The summed E-state index contributed by atoms with van der Waals surface area (Å²) in [5, 5.41) is 1.21. The molecule has 0 atom stereocenters. The lowest BCUT2D eigenvalue weighted by Crippen LogP contribution is -2.37. The van der Waals surface area contributed by atoms with Crippen molar-refractivity contribution in [3.8, 4) is 11.5 Å². The van der Waals surface area contributed by atoms with Crippen molar-refractivity contribution in [3.63, 3.8) is 0 Å². The molecule has 0 spiro atoms. The maximum atomic E-state index is 13.2. The minimum Gasteiger partial charge on any atom is -0.497 e. The van der Waals surface area contributed by atoms with Crippen molar-refractivity contribution in [1.82, 2.24) is 9.88 Å². The van der Waals surface area contributed by atoms with Crippen molar-refractivity contribution in [1.29, 1.82) is 0 Å². The maximum absolute atomic E-state index is 13.2. The monoisotopic (exact) mass is 469 g/mol. The van der Waals surface area contributed by atoms with Crippen molar-refractivity contribution >= 4 is 56.6 Å². The van der Waals surface area contributed by atoms with Gasteiger partial charge in [0.05, 0.1) is 30.4 Å². The first-order chi connectivity index (χ1) is 13.9. The van der Waals surface area contributed by atoms with Crippen molar-refractivity contribution in [2.75, 3.05) is 46.3 Å². The number of nitrogens with zero attached hydrogens (tertiary/aromatic N) is 3. The highest BCUT2D eigenvalue weighted by molar-refractivity contribution is 7.23. The lowest BCUT2D eigenvalue weighted by molar-refractivity contribution is -0.118. The highest BCUT2D eigenvalue weighted by Gasteiger charge is 2.22. The van der Waals surface area contributed by atoms with Gasteiger partial charge in [-0.3, -0.25) is 9.69 Å². The Hall–Kier alpha value is -2.06. The quantitative estimate of drug-likeness (QED) is 0.485. The summed E-state index contributed by atoms with van der Waals surface area (Å²) in [5.41, 5.74) is 1.59. The van der Waals surface area contributed by atoms with Gasteiger partial charge in [0.25, 0.3) is 0 Å². The summed E-state index contributed by atoms with van der Waals surface area (Å²) < 4.78 is 11.4. The van der Waals surface area contributed by atoms with Crippen molar-refractivity contribution in [3.05, 3.63) is 47.0 Å². The number of fused-ring (bicyclic) bond motifs is 1. The van der Waals surface area contributed by atoms with Crippen LogP contribution in [-0.2, 0) is 11.2 Å². The van der Waals surface area contributed by atoms with E-state index in [0.717, 1.165) is 22.6 Å². The summed E-state index contributed by atoms with van der Waals surface area (Å²) >= 11 is 7.76. The summed E-state index contributed by atoms with van der Waals surface area (Å²) in [6, 6.07) is 11.1. The molecule has 30 heavy (non-hydrogen) atoms. The summed E-state index contributed by atoms with van der Waals surface area (Å²) in [7, 11) is 7.17. The standard InChI is InChI=1S/C21H24ClN3O3S.ClH/c1-24(2)11-12-25(18(26)13-14-5-7-15(27-3)8-6-14)21-23-19-17(28-4)10-9-16(22)20(19)29-21;/h5-10H,11-13H2,1-4H3;1H. The average molecular weight is 470 g/mol. The molecule has 0 unspecified atom stereocenters. The second kappa shape index (κ2) is 10.8. The van der Waals surface area contributed by atoms with Crippen molar-refractivity contribution in [2.45, 2.75) is 6.42 Å². The number of likely N-dealkylation sites (N-methyl/N-ethyl adjacent to an activating group) is 1. The van der Waals surface area contributed by atoms with Crippen LogP contribution in [0.15, 0.2) is 36.4 Å². The molecule has 0 aliphatic heterocycles. The van der Waals surface area contributed by atoms with E-state index >= 15 is 0 Å². The third-order valence-corrected chi connectivity index (χ3v) is 6.02. The lowest BCUT2D eigenvalue weighted by atomic mass is 10.1. The Morgan fingerprint density at radius 1 is 1.07 bits per heavy atom. The fourth-order valence-electron chi connectivity index (χ4n) is 2.86. The highest BCUT2D eigenvalue weighted by Crippen LogP contribution is 2.38. The first-order valence-electron chi connectivity index (χ1n) is 9.14. The topological polar surface area (TPSA) is 54.9 Å². The van der Waals surface area contributed by atoms with Crippen LogP contribution in [0.1, 0.15) is 5.56 Å².